The number of phosphoric ester groups is 1. The van der Waals surface area contributed by atoms with Crippen LogP contribution >= 0.6 is 23.5 Å². The fourth-order valence-corrected chi connectivity index (χ4v) is 6.46. The Morgan fingerprint density at radius 1 is 0.974 bits per heavy atom. The van der Waals surface area contributed by atoms with E-state index in [9.17, 15) is 47.7 Å². The van der Waals surface area contributed by atoms with E-state index in [1.807, 2.05) is 0 Å². The van der Waals surface area contributed by atoms with E-state index in [1.54, 1.807) is 6.07 Å². The largest absolute Gasteiger partial charge is 0.490 e. The van der Waals surface area contributed by atoms with Gasteiger partial charge >= 0.3 is 29.2 Å². The first-order chi connectivity index (χ1) is 17.5. The second-order valence-corrected chi connectivity index (χ2v) is 12.2. The lowest BCUT2D eigenvalue weighted by molar-refractivity contribution is -0.0548. The molecule has 0 spiro atoms. The molecule has 1 aromatic carbocycles. The van der Waals surface area contributed by atoms with Crippen molar-refractivity contribution in [2.75, 3.05) is 6.61 Å². The summed E-state index contributed by atoms with van der Waals surface area (Å²) in [6.07, 6.45) is -5.90. The molecule has 0 aliphatic carbocycles. The number of aryl methyl sites for hydroxylation is 1. The van der Waals surface area contributed by atoms with Crippen LogP contribution in [0.2, 0.25) is 0 Å². The lowest BCUT2D eigenvalue weighted by Gasteiger charge is -2.19. The first kappa shape index (κ1) is 30.7. The van der Waals surface area contributed by atoms with Gasteiger partial charge in [-0.15, -0.1) is 0 Å². The Bertz CT molecular complexity index is 1420. The molecule has 1 saturated heterocycles. The summed E-state index contributed by atoms with van der Waals surface area (Å²) >= 11 is 0. The van der Waals surface area contributed by atoms with Crippen LogP contribution in [0, 0.1) is 5.82 Å². The summed E-state index contributed by atoms with van der Waals surface area (Å²) in [4.78, 5) is 61.0. The number of aliphatic hydroxyl groups excluding tert-OH is 2. The fourth-order valence-electron chi connectivity index (χ4n) is 3.43. The van der Waals surface area contributed by atoms with Gasteiger partial charge < -0.3 is 34.5 Å². The summed E-state index contributed by atoms with van der Waals surface area (Å²) < 4.78 is 65.7. The lowest BCUT2D eigenvalue weighted by Crippen LogP contribution is -2.43. The Morgan fingerprint density at radius 2 is 1.66 bits per heavy atom. The van der Waals surface area contributed by atoms with E-state index in [1.165, 1.54) is 18.2 Å². The maximum absolute atomic E-state index is 13.4. The smallest absolute Gasteiger partial charge is 0.387 e. The van der Waals surface area contributed by atoms with Crippen molar-refractivity contribution >= 4 is 23.5 Å². The topological polar surface area (TPSA) is 254 Å². The third-order valence-electron chi connectivity index (χ3n) is 5.04. The molecule has 17 nitrogen and oxygen atoms in total. The first-order valence-electron chi connectivity index (χ1n) is 10.3. The Labute approximate surface area is 211 Å². The van der Waals surface area contributed by atoms with E-state index in [0.717, 1.165) is 21.4 Å². The van der Waals surface area contributed by atoms with Crippen molar-refractivity contribution in [2.24, 2.45) is 0 Å². The highest BCUT2D eigenvalue weighted by molar-refractivity contribution is 7.66. The van der Waals surface area contributed by atoms with Crippen molar-refractivity contribution in [3.63, 3.8) is 0 Å². The maximum atomic E-state index is 13.4. The number of benzene rings is 1. The summed E-state index contributed by atoms with van der Waals surface area (Å²) in [5.41, 5.74) is -1.20. The Morgan fingerprint density at radius 3 is 2.29 bits per heavy atom. The molecular weight excluding hydrogens is 584 g/mol. The molecule has 2 heterocycles. The molecule has 3 rings (SSSR count). The molecule has 1 aliphatic rings. The number of ether oxygens (including phenoxy) is 1. The quantitative estimate of drug-likeness (QED) is 0.174. The predicted molar refractivity (Wildman–Crippen MR) is 121 cm³/mol. The summed E-state index contributed by atoms with van der Waals surface area (Å²) in [7, 11) is -16.9. The van der Waals surface area contributed by atoms with Gasteiger partial charge in [-0.05, 0) is 24.1 Å². The predicted octanol–water partition coefficient (Wildman–Crippen LogP) is -0.646. The van der Waals surface area contributed by atoms with Gasteiger partial charge in [-0.3, -0.25) is 18.5 Å². The average molecular weight is 606 g/mol. The van der Waals surface area contributed by atoms with Crippen LogP contribution in [-0.2, 0) is 44.5 Å². The van der Waals surface area contributed by atoms with Crippen molar-refractivity contribution in [1.29, 1.82) is 0 Å². The Kier molecular flexibility index (Phi) is 9.44. The van der Waals surface area contributed by atoms with Gasteiger partial charge in [0.1, 0.15) is 24.1 Å². The zero-order valence-corrected chi connectivity index (χ0v) is 21.5. The van der Waals surface area contributed by atoms with Crippen LogP contribution in [-0.4, -0.2) is 63.8 Å². The van der Waals surface area contributed by atoms with Crippen LogP contribution in [0.5, 0.6) is 0 Å². The number of aliphatic hydroxyl groups is 2. The fraction of sp³-hybridized carbons (Fsp3) is 0.412. The van der Waals surface area contributed by atoms with E-state index < -0.39 is 71.7 Å². The molecule has 212 valence electrons. The van der Waals surface area contributed by atoms with Crippen molar-refractivity contribution in [2.45, 2.75) is 37.5 Å². The maximum Gasteiger partial charge on any atom is 0.490 e. The number of aromatic nitrogens is 2. The molecule has 6 atom stereocenters. The normalized spacial score (nSPS) is 25.1. The van der Waals surface area contributed by atoms with E-state index in [-0.39, 0.29) is 13.0 Å². The monoisotopic (exact) mass is 606 g/mol. The molecule has 0 bridgehead atoms. The van der Waals surface area contributed by atoms with Crippen LogP contribution in [0.4, 0.5) is 4.39 Å². The lowest BCUT2D eigenvalue weighted by atomic mass is 10.1. The van der Waals surface area contributed by atoms with Crippen LogP contribution < -0.4 is 11.2 Å². The first-order valence-corrected chi connectivity index (χ1v) is 14.9. The van der Waals surface area contributed by atoms with Crippen molar-refractivity contribution in [3.8, 4) is 0 Å². The molecule has 1 aliphatic heterocycles. The summed E-state index contributed by atoms with van der Waals surface area (Å²) in [5, 5.41) is 20.6. The molecule has 38 heavy (non-hydrogen) atoms. The molecule has 21 heteroatoms. The molecule has 3 unspecified atom stereocenters. The highest BCUT2D eigenvalue weighted by atomic mass is 31.3. The summed E-state index contributed by atoms with van der Waals surface area (Å²) in [6.45, 7) is -1.27. The molecule has 6 N–H and O–H groups in total. The molecule has 0 amide bonds. The van der Waals surface area contributed by atoms with Gasteiger partial charge in [-0.1, -0.05) is 12.1 Å². The summed E-state index contributed by atoms with van der Waals surface area (Å²) in [6, 6.07) is 6.43. The second kappa shape index (κ2) is 11.7. The minimum atomic E-state index is -5.79. The summed E-state index contributed by atoms with van der Waals surface area (Å²) in [5.74, 6) is -0.515. The Balaban J connectivity index is 1.72. The van der Waals surface area contributed by atoms with Gasteiger partial charge in [-0.2, -0.15) is 8.62 Å². The molecule has 1 aromatic heterocycles. The van der Waals surface area contributed by atoms with Crippen molar-refractivity contribution < 1.29 is 65.8 Å². The number of rotatable bonds is 11. The molecule has 2 aromatic rings. The molecule has 0 saturated carbocycles. The molecule has 1 fully saturated rings. The number of hydrogen-bond donors (Lipinski definition) is 6. The van der Waals surface area contributed by atoms with Crippen LogP contribution in [0.1, 0.15) is 11.8 Å². The highest BCUT2D eigenvalue weighted by Crippen LogP contribution is 2.66. The number of phosphoric acid groups is 3. The highest BCUT2D eigenvalue weighted by Gasteiger charge is 2.46. The van der Waals surface area contributed by atoms with Crippen molar-refractivity contribution in [3.05, 3.63) is 68.7 Å². The third kappa shape index (κ3) is 8.07. The van der Waals surface area contributed by atoms with Gasteiger partial charge in [0, 0.05) is 18.8 Å². The van der Waals surface area contributed by atoms with Gasteiger partial charge in [-0.25, -0.2) is 22.9 Å². The van der Waals surface area contributed by atoms with Gasteiger partial charge in [0.2, 0.25) is 0 Å². The van der Waals surface area contributed by atoms with Gasteiger partial charge in [0.25, 0.3) is 5.56 Å². The Hall–Kier alpha value is -1.88. The van der Waals surface area contributed by atoms with E-state index in [4.69, 9.17) is 14.5 Å². The number of halogens is 1. The minimum Gasteiger partial charge on any atom is -0.387 e. The second-order valence-electron chi connectivity index (χ2n) is 7.81. The minimum absolute atomic E-state index is 0.0936. The van der Waals surface area contributed by atoms with Gasteiger partial charge in [0.05, 0.1) is 6.61 Å². The van der Waals surface area contributed by atoms with Crippen molar-refractivity contribution in [1.82, 2.24) is 9.13 Å². The third-order valence-corrected chi connectivity index (χ3v) is 8.84. The van der Waals surface area contributed by atoms with Crippen LogP contribution in [0.15, 0.2) is 46.1 Å². The van der Waals surface area contributed by atoms with E-state index in [0.29, 0.717) is 5.56 Å². The number of hydrogen-bond acceptors (Lipinski definition) is 11. The molecule has 0 radical (unpaired) electrons. The zero-order valence-electron chi connectivity index (χ0n) is 18.9. The zero-order chi connectivity index (χ0) is 28.5. The number of nitrogens with zero attached hydrogens (tertiary/aromatic N) is 2. The standard InChI is InChI=1S/C17H22FN2O15P3/c18-11-3-1-2-10(8-11)4-6-19-13(21)5-7-20(17(19)24)16-15(23)14(22)12(33-16)9-32-37(28,29)35-38(30,31)34-36(25,26)27/h1-3,5,7-8,12,14-16,22-23H,4,6,9H2,(H,28,29)(H,30,31)(H2,25,26,27)/t12-,14+,15?,16-/m1/s1. The SMILES string of the molecule is O=c1ccn([C@@H]2O[C@H](COP(=O)(O)OP(=O)(O)OP(=O)(O)O)[C@H](O)C2O)c(=O)n1CCc1cccc(F)c1. The van der Waals surface area contributed by atoms with Crippen LogP contribution in [0.25, 0.3) is 0 Å². The van der Waals surface area contributed by atoms with Gasteiger partial charge in [0.15, 0.2) is 6.23 Å². The van der Waals surface area contributed by atoms with E-state index >= 15 is 0 Å². The molecular formula is C17H22FN2O15P3. The average Bonchev–Trinajstić information content (AvgIpc) is 3.04. The van der Waals surface area contributed by atoms with Crippen LogP contribution in [0.3, 0.4) is 0 Å². The van der Waals surface area contributed by atoms with E-state index in [2.05, 4.69) is 13.1 Å².